The van der Waals surface area contributed by atoms with Crippen LogP contribution in [0.3, 0.4) is 0 Å². The molecule has 2 aromatic rings. The zero-order valence-corrected chi connectivity index (χ0v) is 10.9. The molecule has 0 amide bonds. The van der Waals surface area contributed by atoms with Gasteiger partial charge >= 0.3 is 5.97 Å². The molecule has 0 aliphatic heterocycles. The van der Waals surface area contributed by atoms with E-state index >= 15 is 0 Å². The van der Waals surface area contributed by atoms with Crippen molar-refractivity contribution in [1.82, 2.24) is 0 Å². The molecule has 0 unspecified atom stereocenters. The van der Waals surface area contributed by atoms with Crippen LogP contribution in [0.5, 0.6) is 0 Å². The molecule has 1 aromatic carbocycles. The number of carbonyl (C=O) groups is 1. The summed E-state index contributed by atoms with van der Waals surface area (Å²) in [5, 5.41) is 9.54. The summed E-state index contributed by atoms with van der Waals surface area (Å²) in [6, 6.07) is 13.0. The number of carboxylic acid groups (broad SMARTS) is 1. The number of carboxylic acids is 1. The second-order valence-electron chi connectivity index (χ2n) is 4.03. The van der Waals surface area contributed by atoms with Crippen LogP contribution >= 0.6 is 11.6 Å². The first-order valence-corrected chi connectivity index (χ1v) is 6.17. The number of pyridine rings is 1. The van der Waals surface area contributed by atoms with Crippen LogP contribution in [-0.2, 0) is 11.3 Å². The molecular formula is C15H13ClNO2+. The first-order chi connectivity index (χ1) is 9.15. The van der Waals surface area contributed by atoms with Gasteiger partial charge in [-0.3, -0.25) is 0 Å². The Hall–Kier alpha value is -2.13. The third-order valence-electron chi connectivity index (χ3n) is 2.60. The molecule has 0 saturated heterocycles. The summed E-state index contributed by atoms with van der Waals surface area (Å²) in [4.78, 5) is 10.8. The largest absolute Gasteiger partial charge is 0.477 e. The van der Waals surface area contributed by atoms with E-state index in [1.165, 1.54) is 0 Å². The van der Waals surface area contributed by atoms with Crippen molar-refractivity contribution in [3.63, 3.8) is 0 Å². The second-order valence-corrected chi connectivity index (χ2v) is 4.47. The fourth-order valence-corrected chi connectivity index (χ4v) is 1.81. The normalized spacial score (nSPS) is 10.8. The van der Waals surface area contributed by atoms with Gasteiger partial charge in [0.05, 0.1) is 0 Å². The van der Waals surface area contributed by atoms with Gasteiger partial charge in [-0.15, -0.1) is 0 Å². The average molecular weight is 275 g/mol. The van der Waals surface area contributed by atoms with Gasteiger partial charge in [0.15, 0.2) is 6.20 Å². The van der Waals surface area contributed by atoms with Crippen molar-refractivity contribution in [2.24, 2.45) is 0 Å². The summed E-state index contributed by atoms with van der Waals surface area (Å²) >= 11 is 5.82. The predicted molar refractivity (Wildman–Crippen MR) is 74.7 cm³/mol. The lowest BCUT2D eigenvalue weighted by atomic mass is 10.2. The lowest BCUT2D eigenvalue weighted by Gasteiger charge is -1.97. The Balaban J connectivity index is 2.22. The standard InChI is InChI=1S/C15H12ClNO2/c16-13-7-4-12(5-8-13)6-9-14-3-1-2-10-17(14)11-15(18)19/h1-10H,11H2/p+1/b9-6+. The highest BCUT2D eigenvalue weighted by Crippen LogP contribution is 2.11. The van der Waals surface area contributed by atoms with Gasteiger partial charge in [-0.2, -0.15) is 4.57 Å². The van der Waals surface area contributed by atoms with E-state index in [-0.39, 0.29) is 6.54 Å². The first kappa shape index (κ1) is 13.3. The SMILES string of the molecule is O=C(O)C[n+]1ccccc1/C=C/c1ccc(Cl)cc1. The molecule has 0 spiro atoms. The molecule has 3 nitrogen and oxygen atoms in total. The van der Waals surface area contributed by atoms with Crippen LogP contribution in [0.4, 0.5) is 0 Å². The summed E-state index contributed by atoms with van der Waals surface area (Å²) in [6.07, 6.45) is 5.55. The molecule has 0 atom stereocenters. The summed E-state index contributed by atoms with van der Waals surface area (Å²) in [6.45, 7) is -0.0544. The Morgan fingerprint density at radius 2 is 1.89 bits per heavy atom. The van der Waals surface area contributed by atoms with E-state index < -0.39 is 5.97 Å². The topological polar surface area (TPSA) is 41.2 Å². The summed E-state index contributed by atoms with van der Waals surface area (Å²) < 4.78 is 1.68. The molecule has 0 aliphatic carbocycles. The van der Waals surface area contributed by atoms with Crippen molar-refractivity contribution in [1.29, 1.82) is 0 Å². The van der Waals surface area contributed by atoms with Gasteiger partial charge in [-0.1, -0.05) is 23.7 Å². The Morgan fingerprint density at radius 1 is 1.16 bits per heavy atom. The molecule has 0 fully saturated rings. The van der Waals surface area contributed by atoms with E-state index in [0.29, 0.717) is 5.02 Å². The number of nitrogens with zero attached hydrogens (tertiary/aromatic N) is 1. The molecule has 4 heteroatoms. The van der Waals surface area contributed by atoms with Gasteiger partial charge in [-0.25, -0.2) is 4.79 Å². The molecule has 19 heavy (non-hydrogen) atoms. The van der Waals surface area contributed by atoms with Crippen molar-refractivity contribution in [3.05, 3.63) is 64.9 Å². The molecule has 0 bridgehead atoms. The van der Waals surface area contributed by atoms with E-state index in [9.17, 15) is 4.79 Å². The lowest BCUT2D eigenvalue weighted by molar-refractivity contribution is -0.687. The quantitative estimate of drug-likeness (QED) is 0.871. The molecule has 1 aromatic heterocycles. The van der Waals surface area contributed by atoms with Gasteiger partial charge in [-0.05, 0) is 29.8 Å². The predicted octanol–water partition coefficient (Wildman–Crippen LogP) is 2.88. The van der Waals surface area contributed by atoms with Crippen LogP contribution in [0.2, 0.25) is 5.02 Å². The van der Waals surface area contributed by atoms with E-state index in [1.807, 2.05) is 54.6 Å². The molecule has 2 rings (SSSR count). The fraction of sp³-hybridized carbons (Fsp3) is 0.0667. The molecule has 0 saturated carbocycles. The molecular weight excluding hydrogens is 262 g/mol. The zero-order valence-electron chi connectivity index (χ0n) is 10.2. The number of rotatable bonds is 4. The minimum absolute atomic E-state index is 0.0544. The number of halogens is 1. The Labute approximate surface area is 116 Å². The maximum absolute atomic E-state index is 10.8. The van der Waals surface area contributed by atoms with Crippen molar-refractivity contribution in [3.8, 4) is 0 Å². The third kappa shape index (κ3) is 3.93. The van der Waals surface area contributed by atoms with E-state index in [1.54, 1.807) is 10.8 Å². The highest BCUT2D eigenvalue weighted by molar-refractivity contribution is 6.30. The van der Waals surface area contributed by atoms with Crippen molar-refractivity contribution in [2.75, 3.05) is 0 Å². The number of hydrogen-bond acceptors (Lipinski definition) is 1. The molecule has 0 radical (unpaired) electrons. The maximum Gasteiger partial charge on any atom is 0.370 e. The van der Waals surface area contributed by atoms with Crippen LogP contribution in [0.25, 0.3) is 12.2 Å². The van der Waals surface area contributed by atoms with E-state index in [2.05, 4.69) is 0 Å². The molecule has 1 N–H and O–H groups in total. The zero-order chi connectivity index (χ0) is 13.7. The van der Waals surface area contributed by atoms with Gasteiger partial charge in [0, 0.05) is 23.2 Å². The van der Waals surface area contributed by atoms with E-state index in [0.717, 1.165) is 11.3 Å². The maximum atomic E-state index is 10.8. The molecule has 1 heterocycles. The Morgan fingerprint density at radius 3 is 2.58 bits per heavy atom. The highest BCUT2D eigenvalue weighted by atomic mass is 35.5. The number of hydrogen-bond donors (Lipinski definition) is 1. The fourth-order valence-electron chi connectivity index (χ4n) is 1.69. The van der Waals surface area contributed by atoms with Crippen LogP contribution < -0.4 is 4.57 Å². The molecule has 96 valence electrons. The highest BCUT2D eigenvalue weighted by Gasteiger charge is 2.10. The van der Waals surface area contributed by atoms with Crippen LogP contribution in [0, 0.1) is 0 Å². The number of benzene rings is 1. The van der Waals surface area contributed by atoms with E-state index in [4.69, 9.17) is 16.7 Å². The smallest absolute Gasteiger partial charge is 0.370 e. The Bertz CT molecular complexity index is 606. The van der Waals surface area contributed by atoms with Crippen LogP contribution in [-0.4, -0.2) is 11.1 Å². The van der Waals surface area contributed by atoms with Gasteiger partial charge in [0.2, 0.25) is 12.2 Å². The lowest BCUT2D eigenvalue weighted by Crippen LogP contribution is -2.40. The second kappa shape index (κ2) is 6.16. The summed E-state index contributed by atoms with van der Waals surface area (Å²) in [5.74, 6) is -0.864. The van der Waals surface area contributed by atoms with Gasteiger partial charge in [0.25, 0.3) is 0 Å². The monoisotopic (exact) mass is 274 g/mol. The minimum Gasteiger partial charge on any atom is -0.477 e. The minimum atomic E-state index is -0.864. The van der Waals surface area contributed by atoms with Gasteiger partial charge < -0.3 is 5.11 Å². The number of aromatic nitrogens is 1. The third-order valence-corrected chi connectivity index (χ3v) is 2.85. The summed E-state index contributed by atoms with van der Waals surface area (Å²) in [5.41, 5.74) is 1.84. The van der Waals surface area contributed by atoms with Crippen molar-refractivity contribution >= 4 is 29.7 Å². The van der Waals surface area contributed by atoms with Gasteiger partial charge in [0.1, 0.15) is 0 Å². The van der Waals surface area contributed by atoms with Crippen LogP contribution in [0.1, 0.15) is 11.3 Å². The first-order valence-electron chi connectivity index (χ1n) is 5.79. The van der Waals surface area contributed by atoms with Crippen molar-refractivity contribution in [2.45, 2.75) is 6.54 Å². The average Bonchev–Trinajstić information content (AvgIpc) is 2.39. The summed E-state index contributed by atoms with van der Waals surface area (Å²) in [7, 11) is 0. The van der Waals surface area contributed by atoms with Crippen LogP contribution in [0.15, 0.2) is 48.7 Å². The Kier molecular flexibility index (Phi) is 4.31. The number of aliphatic carboxylic acids is 1. The van der Waals surface area contributed by atoms with Crippen molar-refractivity contribution < 1.29 is 14.5 Å². The molecule has 0 aliphatic rings.